The number of fused-ring (bicyclic) bond motifs is 1. The van der Waals surface area contributed by atoms with Gasteiger partial charge in [-0.05, 0) is 17.5 Å². The molecule has 0 unspecified atom stereocenters. The first-order chi connectivity index (χ1) is 5.79. The summed E-state index contributed by atoms with van der Waals surface area (Å²) in [7, 11) is 0. The zero-order valence-electron chi connectivity index (χ0n) is 6.28. The van der Waals surface area contributed by atoms with Gasteiger partial charge in [-0.3, -0.25) is 0 Å². The monoisotopic (exact) mass is 159 g/mol. The average Bonchev–Trinajstić information content (AvgIpc) is 2.12. The van der Waals surface area contributed by atoms with Crippen molar-refractivity contribution in [2.45, 2.75) is 0 Å². The largest absolute Gasteiger partial charge is 0.504 e. The summed E-state index contributed by atoms with van der Waals surface area (Å²) in [5, 5.41) is 19.9. The quantitative estimate of drug-likeness (QED) is 0.577. The summed E-state index contributed by atoms with van der Waals surface area (Å²) in [4.78, 5) is 0. The third-order valence-electron chi connectivity index (χ3n) is 1.79. The molecule has 0 heterocycles. The Balaban J connectivity index is 2.91. The van der Waals surface area contributed by atoms with E-state index in [2.05, 4.69) is 6.07 Å². The number of rotatable bonds is 0. The highest BCUT2D eigenvalue weighted by Gasteiger charge is 2.02. The van der Waals surface area contributed by atoms with Crippen LogP contribution in [0.3, 0.4) is 0 Å². The molecule has 2 aromatic carbocycles. The maximum Gasteiger partial charge on any atom is 0.165 e. The summed E-state index contributed by atoms with van der Waals surface area (Å²) < 4.78 is 0. The molecule has 0 atom stereocenters. The molecule has 0 bridgehead atoms. The van der Waals surface area contributed by atoms with Gasteiger partial charge in [0.2, 0.25) is 0 Å². The average molecular weight is 159 g/mol. The van der Waals surface area contributed by atoms with Crippen LogP contribution >= 0.6 is 0 Å². The van der Waals surface area contributed by atoms with Gasteiger partial charge < -0.3 is 10.2 Å². The van der Waals surface area contributed by atoms with Gasteiger partial charge in [-0.15, -0.1) is 0 Å². The molecule has 0 amide bonds. The molecule has 59 valence electrons. The lowest BCUT2D eigenvalue weighted by atomic mass is 10.1. The van der Waals surface area contributed by atoms with E-state index in [1.54, 1.807) is 12.1 Å². The minimum atomic E-state index is -0.131. The Hall–Kier alpha value is -1.70. The van der Waals surface area contributed by atoms with Crippen LogP contribution in [0, 0.1) is 6.07 Å². The van der Waals surface area contributed by atoms with Crippen molar-refractivity contribution in [2.24, 2.45) is 0 Å². The summed E-state index contributed by atoms with van der Waals surface area (Å²) in [6.07, 6.45) is 0. The fourth-order valence-corrected chi connectivity index (χ4v) is 1.17. The van der Waals surface area contributed by atoms with E-state index in [1.165, 1.54) is 6.07 Å². The fourth-order valence-electron chi connectivity index (χ4n) is 1.17. The van der Waals surface area contributed by atoms with E-state index in [0.717, 1.165) is 5.39 Å². The highest BCUT2D eigenvalue weighted by Crippen LogP contribution is 2.32. The SMILES string of the molecule is Oc1c[c]c2ccccc2c1O. The molecule has 0 saturated heterocycles. The number of aromatic hydroxyl groups is 2. The minimum absolute atomic E-state index is 0.0793. The minimum Gasteiger partial charge on any atom is -0.504 e. The zero-order chi connectivity index (χ0) is 8.55. The van der Waals surface area contributed by atoms with Crippen LogP contribution in [0.5, 0.6) is 11.5 Å². The van der Waals surface area contributed by atoms with Crippen molar-refractivity contribution in [1.82, 2.24) is 0 Å². The van der Waals surface area contributed by atoms with Crippen LogP contribution < -0.4 is 0 Å². The highest BCUT2D eigenvalue weighted by atomic mass is 16.3. The lowest BCUT2D eigenvalue weighted by Gasteiger charge is -2.00. The van der Waals surface area contributed by atoms with Gasteiger partial charge in [-0.2, -0.15) is 0 Å². The Morgan fingerprint density at radius 1 is 1.08 bits per heavy atom. The van der Waals surface area contributed by atoms with Crippen molar-refractivity contribution in [2.75, 3.05) is 0 Å². The molecule has 2 aromatic rings. The molecule has 2 N–H and O–H groups in total. The fraction of sp³-hybridized carbons (Fsp3) is 0. The first-order valence-corrected chi connectivity index (χ1v) is 3.60. The lowest BCUT2D eigenvalue weighted by molar-refractivity contribution is 0.408. The van der Waals surface area contributed by atoms with Gasteiger partial charge in [0.25, 0.3) is 0 Å². The molecule has 0 aliphatic rings. The lowest BCUT2D eigenvalue weighted by Crippen LogP contribution is -1.74. The predicted octanol–water partition coefficient (Wildman–Crippen LogP) is 2.05. The Kier molecular flexibility index (Phi) is 1.40. The Morgan fingerprint density at radius 3 is 2.67 bits per heavy atom. The van der Waals surface area contributed by atoms with Crippen molar-refractivity contribution in [1.29, 1.82) is 0 Å². The van der Waals surface area contributed by atoms with E-state index < -0.39 is 0 Å². The molecule has 0 aliphatic carbocycles. The van der Waals surface area contributed by atoms with Gasteiger partial charge in [-0.1, -0.05) is 24.3 Å². The first-order valence-electron chi connectivity index (χ1n) is 3.60. The van der Waals surface area contributed by atoms with Crippen molar-refractivity contribution < 1.29 is 10.2 Å². The standard InChI is InChI=1S/C10H7O2/c11-9-6-5-7-3-1-2-4-8(7)10(9)12/h1-4,6,11-12H. The molecule has 0 aromatic heterocycles. The second kappa shape index (κ2) is 2.41. The zero-order valence-corrected chi connectivity index (χ0v) is 6.28. The molecule has 0 spiro atoms. The summed E-state index contributed by atoms with van der Waals surface area (Å²) in [5.41, 5.74) is 0. The van der Waals surface area contributed by atoms with Crippen LogP contribution in [0.2, 0.25) is 0 Å². The summed E-state index contributed by atoms with van der Waals surface area (Å²) in [6.45, 7) is 0. The Morgan fingerprint density at radius 2 is 1.83 bits per heavy atom. The summed E-state index contributed by atoms with van der Waals surface area (Å²) in [6, 6.07) is 11.4. The molecule has 1 radical (unpaired) electrons. The van der Waals surface area contributed by atoms with Gasteiger partial charge in [0, 0.05) is 5.39 Å². The third-order valence-corrected chi connectivity index (χ3v) is 1.79. The molecule has 2 nitrogen and oxygen atoms in total. The van der Waals surface area contributed by atoms with E-state index in [4.69, 9.17) is 5.11 Å². The molecule has 2 rings (SSSR count). The van der Waals surface area contributed by atoms with Crippen molar-refractivity contribution in [3.63, 3.8) is 0 Å². The molecule has 0 aliphatic heterocycles. The van der Waals surface area contributed by atoms with Gasteiger partial charge in [0.05, 0.1) is 0 Å². The number of hydrogen-bond donors (Lipinski definition) is 2. The first kappa shape index (κ1) is 6.98. The molecule has 0 fully saturated rings. The van der Waals surface area contributed by atoms with E-state index >= 15 is 0 Å². The molecular formula is C10H7O2. The molecule has 2 heteroatoms. The smallest absolute Gasteiger partial charge is 0.165 e. The van der Waals surface area contributed by atoms with E-state index in [1.807, 2.05) is 12.1 Å². The van der Waals surface area contributed by atoms with Crippen LogP contribution in [0.25, 0.3) is 10.8 Å². The highest BCUT2D eigenvalue weighted by molar-refractivity contribution is 5.89. The van der Waals surface area contributed by atoms with E-state index in [0.29, 0.717) is 5.39 Å². The third kappa shape index (κ3) is 0.889. The predicted molar refractivity (Wildman–Crippen MR) is 46.1 cm³/mol. The second-order valence-electron chi connectivity index (χ2n) is 2.57. The molecule has 12 heavy (non-hydrogen) atoms. The number of phenols is 2. The van der Waals surface area contributed by atoms with Gasteiger partial charge >= 0.3 is 0 Å². The van der Waals surface area contributed by atoms with Crippen LogP contribution in [0.15, 0.2) is 30.3 Å². The van der Waals surface area contributed by atoms with Crippen LogP contribution in [-0.4, -0.2) is 10.2 Å². The summed E-state index contributed by atoms with van der Waals surface area (Å²) in [5.74, 6) is -0.210. The van der Waals surface area contributed by atoms with Crippen LogP contribution in [0.4, 0.5) is 0 Å². The summed E-state index contributed by atoms with van der Waals surface area (Å²) >= 11 is 0. The Bertz CT molecular complexity index is 421. The topological polar surface area (TPSA) is 40.5 Å². The maximum absolute atomic E-state index is 9.39. The normalized spacial score (nSPS) is 10.3. The van der Waals surface area contributed by atoms with E-state index in [-0.39, 0.29) is 11.5 Å². The van der Waals surface area contributed by atoms with Gasteiger partial charge in [0.15, 0.2) is 11.5 Å². The molecular weight excluding hydrogens is 152 g/mol. The number of phenolic OH excluding ortho intramolecular Hbond substituents is 2. The second-order valence-corrected chi connectivity index (χ2v) is 2.57. The van der Waals surface area contributed by atoms with Gasteiger partial charge in [0.1, 0.15) is 0 Å². The van der Waals surface area contributed by atoms with Gasteiger partial charge in [-0.25, -0.2) is 0 Å². The molecule has 0 saturated carbocycles. The number of hydrogen-bond acceptors (Lipinski definition) is 2. The Labute approximate surface area is 69.7 Å². The van der Waals surface area contributed by atoms with Crippen LogP contribution in [-0.2, 0) is 0 Å². The number of benzene rings is 2. The maximum atomic E-state index is 9.39. The van der Waals surface area contributed by atoms with E-state index in [9.17, 15) is 5.11 Å². The van der Waals surface area contributed by atoms with Crippen molar-refractivity contribution in [3.05, 3.63) is 36.4 Å². The van der Waals surface area contributed by atoms with Crippen molar-refractivity contribution in [3.8, 4) is 11.5 Å². The van der Waals surface area contributed by atoms with Crippen LogP contribution in [0.1, 0.15) is 0 Å². The van der Waals surface area contributed by atoms with Crippen molar-refractivity contribution >= 4 is 10.8 Å².